The minimum absolute atomic E-state index is 0.0215. The third-order valence-electron chi connectivity index (χ3n) is 3.68. The van der Waals surface area contributed by atoms with Gasteiger partial charge in [-0.15, -0.1) is 0 Å². The average Bonchev–Trinajstić information content (AvgIpc) is 2.95. The second-order valence-corrected chi connectivity index (χ2v) is 7.73. The van der Waals surface area contributed by atoms with Gasteiger partial charge in [-0.3, -0.25) is 0 Å². The Bertz CT molecular complexity index is 969. The molecule has 2 aromatic rings. The number of hydrogen-bond acceptors (Lipinski definition) is 4. The van der Waals surface area contributed by atoms with E-state index >= 15 is 0 Å². The van der Waals surface area contributed by atoms with E-state index in [0.717, 1.165) is 27.7 Å². The van der Waals surface area contributed by atoms with E-state index in [-0.39, 0.29) is 22.3 Å². The smallest absolute Gasteiger partial charge is 0.404 e. The van der Waals surface area contributed by atoms with Crippen molar-refractivity contribution in [3.63, 3.8) is 0 Å². The number of aromatic nitrogens is 3. The summed E-state index contributed by atoms with van der Waals surface area (Å²) in [6.45, 7) is 3.98. The van der Waals surface area contributed by atoms with Gasteiger partial charge in [0.25, 0.3) is 0 Å². The molecule has 152 valence electrons. The fourth-order valence-corrected chi connectivity index (χ4v) is 2.58. The Morgan fingerprint density at radius 3 is 2.36 bits per heavy atom. The van der Waals surface area contributed by atoms with E-state index in [4.69, 9.17) is 5.73 Å². The van der Waals surface area contributed by atoms with Crippen molar-refractivity contribution in [1.29, 1.82) is 0 Å². The van der Waals surface area contributed by atoms with Gasteiger partial charge in [-0.25, -0.2) is 32.0 Å². The van der Waals surface area contributed by atoms with Gasteiger partial charge in [0.2, 0.25) is 0 Å². The molecule has 2 N–H and O–H groups in total. The lowest BCUT2D eigenvalue weighted by molar-refractivity contribution is 0.163. The van der Waals surface area contributed by atoms with Gasteiger partial charge < -0.3 is 10.5 Å². The predicted molar refractivity (Wildman–Crippen MR) is 98.6 cm³/mol. The SMILES string of the molecule is CC(C)(C)/C(F)=C(\COC(N)=O)Cn1ncn(-c2cc(F)c(Br)c(F)c2)c1=O. The number of ether oxygens (including phenoxy) is 1. The molecule has 0 atom stereocenters. The first-order valence-corrected chi connectivity index (χ1v) is 8.80. The first-order valence-electron chi connectivity index (χ1n) is 8.01. The van der Waals surface area contributed by atoms with Crippen LogP contribution in [-0.4, -0.2) is 27.0 Å². The molecule has 1 aromatic heterocycles. The summed E-state index contributed by atoms with van der Waals surface area (Å²) in [5.74, 6) is -2.40. The summed E-state index contributed by atoms with van der Waals surface area (Å²) in [7, 11) is 0. The molecule has 7 nitrogen and oxygen atoms in total. The summed E-state index contributed by atoms with van der Waals surface area (Å²) >= 11 is 2.75. The number of allylic oxidation sites excluding steroid dienone is 1. The van der Waals surface area contributed by atoms with Crippen LogP contribution in [0.3, 0.4) is 0 Å². The van der Waals surface area contributed by atoms with Crippen molar-refractivity contribution >= 4 is 22.0 Å². The molecular weight excluding hydrogens is 445 g/mol. The number of hydrogen-bond donors (Lipinski definition) is 1. The molecular formula is C17H18BrF3N4O3. The molecule has 0 aliphatic rings. The van der Waals surface area contributed by atoms with E-state index in [9.17, 15) is 22.8 Å². The van der Waals surface area contributed by atoms with Gasteiger partial charge in [0.05, 0.1) is 16.7 Å². The maximum Gasteiger partial charge on any atom is 0.404 e. The van der Waals surface area contributed by atoms with E-state index < -0.39 is 41.3 Å². The molecule has 0 saturated carbocycles. The van der Waals surface area contributed by atoms with Gasteiger partial charge in [0.1, 0.15) is 30.4 Å². The van der Waals surface area contributed by atoms with Crippen molar-refractivity contribution < 1.29 is 22.7 Å². The third kappa shape index (κ3) is 4.83. The highest BCUT2D eigenvalue weighted by Crippen LogP contribution is 2.30. The van der Waals surface area contributed by atoms with Crippen LogP contribution < -0.4 is 11.4 Å². The van der Waals surface area contributed by atoms with Crippen LogP contribution in [0, 0.1) is 17.0 Å². The van der Waals surface area contributed by atoms with Gasteiger partial charge in [0.15, 0.2) is 0 Å². The quantitative estimate of drug-likeness (QED) is 0.688. The molecule has 0 spiro atoms. The molecule has 1 heterocycles. The summed E-state index contributed by atoms with van der Waals surface area (Å²) in [5.41, 5.74) is 3.13. The Hall–Kier alpha value is -2.56. The lowest BCUT2D eigenvalue weighted by Crippen LogP contribution is -2.27. The highest BCUT2D eigenvalue weighted by Gasteiger charge is 2.24. The number of nitrogens with two attached hydrogens (primary N) is 1. The molecule has 0 radical (unpaired) electrons. The van der Waals surface area contributed by atoms with Crippen molar-refractivity contribution in [2.75, 3.05) is 6.61 Å². The zero-order valence-corrected chi connectivity index (χ0v) is 16.9. The molecule has 0 fully saturated rings. The summed E-state index contributed by atoms with van der Waals surface area (Å²) < 4.78 is 48.3. The Morgan fingerprint density at radius 2 is 1.86 bits per heavy atom. The van der Waals surface area contributed by atoms with Crippen LogP contribution in [0.5, 0.6) is 0 Å². The Labute approximate surface area is 166 Å². The fourth-order valence-electron chi connectivity index (χ4n) is 2.35. The molecule has 0 saturated heterocycles. The molecule has 0 aliphatic carbocycles. The van der Waals surface area contributed by atoms with E-state index in [1.807, 2.05) is 0 Å². The highest BCUT2D eigenvalue weighted by atomic mass is 79.9. The molecule has 11 heteroatoms. The predicted octanol–water partition coefficient (Wildman–Crippen LogP) is 3.44. The molecule has 28 heavy (non-hydrogen) atoms. The van der Waals surface area contributed by atoms with Crippen molar-refractivity contribution in [2.24, 2.45) is 11.1 Å². The van der Waals surface area contributed by atoms with Crippen LogP contribution in [0.1, 0.15) is 20.8 Å². The Balaban J connectivity index is 2.43. The molecule has 1 amide bonds. The Kier molecular flexibility index (Phi) is 6.37. The van der Waals surface area contributed by atoms with Gasteiger partial charge >= 0.3 is 11.8 Å². The van der Waals surface area contributed by atoms with Gasteiger partial charge in [-0.05, 0) is 28.1 Å². The van der Waals surface area contributed by atoms with Crippen molar-refractivity contribution in [1.82, 2.24) is 14.3 Å². The molecule has 2 rings (SSSR count). The Morgan fingerprint density at radius 1 is 1.29 bits per heavy atom. The maximum absolute atomic E-state index is 14.7. The van der Waals surface area contributed by atoms with Crippen LogP contribution in [-0.2, 0) is 11.3 Å². The molecule has 0 bridgehead atoms. The van der Waals surface area contributed by atoms with Gasteiger partial charge in [-0.1, -0.05) is 20.8 Å². The van der Waals surface area contributed by atoms with Gasteiger partial charge in [-0.2, -0.15) is 5.10 Å². The number of carbonyl (C=O) groups excluding carboxylic acids is 1. The number of primary amides is 1. The zero-order valence-electron chi connectivity index (χ0n) is 15.3. The molecule has 1 aromatic carbocycles. The highest BCUT2D eigenvalue weighted by molar-refractivity contribution is 9.10. The zero-order chi connectivity index (χ0) is 21.2. The number of carbonyl (C=O) groups is 1. The fraction of sp³-hybridized carbons (Fsp3) is 0.353. The third-order valence-corrected chi connectivity index (χ3v) is 4.44. The van der Waals surface area contributed by atoms with E-state index in [2.05, 4.69) is 25.8 Å². The first-order chi connectivity index (χ1) is 12.9. The topological polar surface area (TPSA) is 92.1 Å². The van der Waals surface area contributed by atoms with Crippen molar-refractivity contribution in [3.8, 4) is 5.69 Å². The van der Waals surface area contributed by atoms with Crippen LogP contribution in [0.4, 0.5) is 18.0 Å². The number of rotatable bonds is 5. The number of halogens is 4. The summed E-state index contributed by atoms with van der Waals surface area (Å²) in [5, 5.41) is 3.84. The monoisotopic (exact) mass is 462 g/mol. The van der Waals surface area contributed by atoms with E-state index in [0.29, 0.717) is 0 Å². The molecule has 0 aliphatic heterocycles. The summed E-state index contributed by atoms with van der Waals surface area (Å²) in [4.78, 5) is 23.4. The maximum atomic E-state index is 14.7. The minimum Gasteiger partial charge on any atom is -0.445 e. The lowest BCUT2D eigenvalue weighted by atomic mass is 9.92. The number of amides is 1. The van der Waals surface area contributed by atoms with Crippen molar-refractivity contribution in [3.05, 3.63) is 56.5 Å². The van der Waals surface area contributed by atoms with Crippen molar-refractivity contribution in [2.45, 2.75) is 27.3 Å². The second-order valence-electron chi connectivity index (χ2n) is 6.94. The number of nitrogens with zero attached hydrogens (tertiary/aromatic N) is 3. The van der Waals surface area contributed by atoms with Crippen LogP contribution in [0.25, 0.3) is 5.69 Å². The normalized spacial score (nSPS) is 12.7. The average molecular weight is 463 g/mol. The van der Waals surface area contributed by atoms with Crippen LogP contribution in [0.15, 0.2) is 39.1 Å². The van der Waals surface area contributed by atoms with Crippen LogP contribution in [0.2, 0.25) is 0 Å². The largest absolute Gasteiger partial charge is 0.445 e. The minimum atomic E-state index is -1.10. The molecule has 0 unspecified atom stereocenters. The van der Waals surface area contributed by atoms with E-state index in [1.54, 1.807) is 20.8 Å². The number of benzene rings is 1. The summed E-state index contributed by atoms with van der Waals surface area (Å²) in [6, 6.07) is 1.90. The van der Waals surface area contributed by atoms with Crippen LogP contribution >= 0.6 is 15.9 Å². The second kappa shape index (κ2) is 8.21. The standard InChI is InChI=1S/C17H18BrF3N4O3/c1-17(2,3)14(21)9(7-28-15(22)26)6-25-16(27)24(8-23-25)10-4-11(19)13(18)12(20)5-10/h4-5,8H,6-7H2,1-3H3,(H2,22,26)/b14-9+. The lowest BCUT2D eigenvalue weighted by Gasteiger charge is -2.20. The first kappa shape index (κ1) is 21.7. The van der Waals surface area contributed by atoms with E-state index in [1.165, 1.54) is 0 Å². The van der Waals surface area contributed by atoms with Gasteiger partial charge in [0, 0.05) is 11.0 Å². The summed E-state index contributed by atoms with van der Waals surface area (Å²) in [6.07, 6.45) is -0.0515.